The van der Waals surface area contributed by atoms with Gasteiger partial charge in [-0.25, -0.2) is 0 Å². The highest BCUT2D eigenvalue weighted by molar-refractivity contribution is 6.42. The molecule has 0 amide bonds. The maximum atomic E-state index is 10.8. The van der Waals surface area contributed by atoms with Gasteiger partial charge in [0.25, 0.3) is 0 Å². The SMILES string of the molecule is O=Cc1ccccc1OCc1ccc(Cl)c(Cl)c1. The topological polar surface area (TPSA) is 26.3 Å². The Hall–Kier alpha value is -1.51. The van der Waals surface area contributed by atoms with Gasteiger partial charge in [0.05, 0.1) is 15.6 Å². The molecule has 18 heavy (non-hydrogen) atoms. The molecule has 0 N–H and O–H groups in total. The Morgan fingerprint density at radius 1 is 1.06 bits per heavy atom. The lowest BCUT2D eigenvalue weighted by Crippen LogP contribution is -1.98. The minimum Gasteiger partial charge on any atom is -0.488 e. The number of ether oxygens (including phenoxy) is 1. The Kier molecular flexibility index (Phi) is 4.24. The molecule has 2 aromatic rings. The summed E-state index contributed by atoms with van der Waals surface area (Å²) in [5.41, 5.74) is 1.42. The Morgan fingerprint density at radius 2 is 1.83 bits per heavy atom. The third-order valence-corrected chi connectivity index (χ3v) is 3.16. The minimum absolute atomic E-state index is 0.335. The van der Waals surface area contributed by atoms with Crippen molar-refractivity contribution >= 4 is 29.5 Å². The van der Waals surface area contributed by atoms with E-state index in [4.69, 9.17) is 27.9 Å². The van der Waals surface area contributed by atoms with E-state index in [1.165, 1.54) is 0 Å². The van der Waals surface area contributed by atoms with Crippen LogP contribution in [-0.4, -0.2) is 6.29 Å². The molecule has 0 bridgehead atoms. The van der Waals surface area contributed by atoms with Crippen molar-refractivity contribution in [1.29, 1.82) is 0 Å². The van der Waals surface area contributed by atoms with Crippen molar-refractivity contribution in [3.63, 3.8) is 0 Å². The first-order valence-electron chi connectivity index (χ1n) is 5.31. The van der Waals surface area contributed by atoms with Crippen LogP contribution >= 0.6 is 23.2 Å². The lowest BCUT2D eigenvalue weighted by atomic mass is 10.2. The van der Waals surface area contributed by atoms with Gasteiger partial charge in [-0.1, -0.05) is 41.4 Å². The number of carbonyl (C=O) groups is 1. The summed E-state index contributed by atoms with van der Waals surface area (Å²) in [6.45, 7) is 0.335. The maximum Gasteiger partial charge on any atom is 0.153 e. The number of halogens is 2. The molecule has 2 aromatic carbocycles. The maximum absolute atomic E-state index is 10.8. The van der Waals surface area contributed by atoms with E-state index in [1.54, 1.807) is 30.3 Å². The Labute approximate surface area is 115 Å². The summed E-state index contributed by atoms with van der Waals surface area (Å²) in [5.74, 6) is 0.554. The van der Waals surface area contributed by atoms with Crippen molar-refractivity contribution in [1.82, 2.24) is 0 Å². The molecule has 0 fully saturated rings. The molecular formula is C14H10Cl2O2. The van der Waals surface area contributed by atoms with Crippen molar-refractivity contribution in [2.75, 3.05) is 0 Å². The highest BCUT2D eigenvalue weighted by atomic mass is 35.5. The Balaban J connectivity index is 2.11. The van der Waals surface area contributed by atoms with Crippen LogP contribution < -0.4 is 4.74 Å². The largest absolute Gasteiger partial charge is 0.488 e. The number of aldehydes is 1. The highest BCUT2D eigenvalue weighted by Gasteiger charge is 2.03. The number of hydrogen-bond donors (Lipinski definition) is 0. The van der Waals surface area contributed by atoms with Crippen molar-refractivity contribution in [3.8, 4) is 5.75 Å². The van der Waals surface area contributed by atoms with Gasteiger partial charge in [-0.05, 0) is 29.8 Å². The van der Waals surface area contributed by atoms with E-state index in [2.05, 4.69) is 0 Å². The third kappa shape index (κ3) is 3.03. The monoisotopic (exact) mass is 280 g/mol. The van der Waals surface area contributed by atoms with Gasteiger partial charge in [0.15, 0.2) is 6.29 Å². The summed E-state index contributed by atoms with van der Waals surface area (Å²) in [6, 6.07) is 12.4. The van der Waals surface area contributed by atoms with Crippen LogP contribution in [-0.2, 0) is 6.61 Å². The van der Waals surface area contributed by atoms with Crippen LogP contribution in [0.3, 0.4) is 0 Å². The van der Waals surface area contributed by atoms with Crippen LogP contribution in [0, 0.1) is 0 Å². The Bertz CT molecular complexity index is 567. The molecule has 0 unspecified atom stereocenters. The molecule has 0 spiro atoms. The molecular weight excluding hydrogens is 271 g/mol. The van der Waals surface area contributed by atoms with E-state index in [0.29, 0.717) is 28.0 Å². The van der Waals surface area contributed by atoms with E-state index in [9.17, 15) is 4.79 Å². The van der Waals surface area contributed by atoms with Gasteiger partial charge in [0.1, 0.15) is 12.4 Å². The van der Waals surface area contributed by atoms with E-state index in [1.807, 2.05) is 12.1 Å². The van der Waals surface area contributed by atoms with Gasteiger partial charge in [-0.3, -0.25) is 4.79 Å². The zero-order valence-corrected chi connectivity index (χ0v) is 10.9. The molecule has 0 atom stereocenters. The van der Waals surface area contributed by atoms with Gasteiger partial charge in [0.2, 0.25) is 0 Å². The molecule has 0 aliphatic carbocycles. The molecule has 0 saturated heterocycles. The number of para-hydroxylation sites is 1. The standard InChI is InChI=1S/C14H10Cl2O2/c15-12-6-5-10(7-13(12)16)9-18-14-4-2-1-3-11(14)8-17/h1-8H,9H2. The van der Waals surface area contributed by atoms with E-state index < -0.39 is 0 Å². The normalized spacial score (nSPS) is 10.1. The van der Waals surface area contributed by atoms with Crippen LogP contribution in [0.5, 0.6) is 5.75 Å². The average Bonchev–Trinajstić information content (AvgIpc) is 2.40. The molecule has 2 nitrogen and oxygen atoms in total. The first kappa shape index (κ1) is 12.9. The average molecular weight is 281 g/mol. The number of carbonyl (C=O) groups excluding carboxylic acids is 1. The summed E-state index contributed by atoms with van der Waals surface area (Å²) in [5, 5.41) is 0.996. The predicted octanol–water partition coefficient (Wildman–Crippen LogP) is 4.38. The molecule has 4 heteroatoms. The number of benzene rings is 2. The summed E-state index contributed by atoms with van der Waals surface area (Å²) in [7, 11) is 0. The van der Waals surface area contributed by atoms with Crippen LogP contribution in [0.15, 0.2) is 42.5 Å². The molecule has 0 radical (unpaired) electrons. The summed E-state index contributed by atoms with van der Waals surface area (Å²) >= 11 is 11.7. The van der Waals surface area contributed by atoms with Gasteiger partial charge in [0, 0.05) is 0 Å². The molecule has 0 aliphatic heterocycles. The first-order chi connectivity index (χ1) is 8.70. The van der Waals surface area contributed by atoms with Crippen LogP contribution in [0.2, 0.25) is 10.0 Å². The fourth-order valence-electron chi connectivity index (χ4n) is 1.50. The summed E-state index contributed by atoms with van der Waals surface area (Å²) in [6.07, 6.45) is 0.768. The number of hydrogen-bond acceptors (Lipinski definition) is 2. The molecule has 0 heterocycles. The van der Waals surface area contributed by atoms with E-state index >= 15 is 0 Å². The first-order valence-corrected chi connectivity index (χ1v) is 6.07. The van der Waals surface area contributed by atoms with Crippen LogP contribution in [0.4, 0.5) is 0 Å². The molecule has 0 aromatic heterocycles. The van der Waals surface area contributed by atoms with Gasteiger partial charge < -0.3 is 4.74 Å². The molecule has 0 aliphatic rings. The van der Waals surface area contributed by atoms with Crippen molar-refractivity contribution < 1.29 is 9.53 Å². The highest BCUT2D eigenvalue weighted by Crippen LogP contribution is 2.24. The van der Waals surface area contributed by atoms with Crippen LogP contribution in [0.1, 0.15) is 15.9 Å². The van der Waals surface area contributed by atoms with Crippen LogP contribution in [0.25, 0.3) is 0 Å². The van der Waals surface area contributed by atoms with E-state index in [0.717, 1.165) is 11.8 Å². The fraction of sp³-hybridized carbons (Fsp3) is 0.0714. The number of rotatable bonds is 4. The zero-order chi connectivity index (χ0) is 13.0. The minimum atomic E-state index is 0.335. The molecule has 2 rings (SSSR count). The van der Waals surface area contributed by atoms with Gasteiger partial charge in [-0.15, -0.1) is 0 Å². The Morgan fingerprint density at radius 3 is 2.56 bits per heavy atom. The lowest BCUT2D eigenvalue weighted by molar-refractivity contribution is 0.111. The van der Waals surface area contributed by atoms with E-state index in [-0.39, 0.29) is 0 Å². The second-order valence-corrected chi connectivity index (χ2v) is 4.51. The summed E-state index contributed by atoms with van der Waals surface area (Å²) in [4.78, 5) is 10.8. The zero-order valence-electron chi connectivity index (χ0n) is 9.40. The van der Waals surface area contributed by atoms with Gasteiger partial charge in [-0.2, -0.15) is 0 Å². The quantitative estimate of drug-likeness (QED) is 0.777. The molecule has 0 saturated carbocycles. The lowest BCUT2D eigenvalue weighted by Gasteiger charge is -2.08. The van der Waals surface area contributed by atoms with Gasteiger partial charge >= 0.3 is 0 Å². The third-order valence-electron chi connectivity index (χ3n) is 2.42. The fourth-order valence-corrected chi connectivity index (χ4v) is 1.82. The summed E-state index contributed by atoms with van der Waals surface area (Å²) < 4.78 is 5.58. The van der Waals surface area contributed by atoms with Crippen molar-refractivity contribution in [2.24, 2.45) is 0 Å². The smallest absolute Gasteiger partial charge is 0.153 e. The van der Waals surface area contributed by atoms with Crippen molar-refractivity contribution in [3.05, 3.63) is 63.6 Å². The van der Waals surface area contributed by atoms with Crippen molar-refractivity contribution in [2.45, 2.75) is 6.61 Å². The predicted molar refractivity (Wildman–Crippen MR) is 72.6 cm³/mol. The second kappa shape index (κ2) is 5.89. The molecule has 92 valence electrons. The second-order valence-electron chi connectivity index (χ2n) is 3.69.